The van der Waals surface area contributed by atoms with E-state index in [4.69, 9.17) is 17.3 Å². The Bertz CT molecular complexity index is 683. The molecule has 2 heterocycles. The lowest BCUT2D eigenvalue weighted by atomic mass is 10.1. The summed E-state index contributed by atoms with van der Waals surface area (Å²) in [5.41, 5.74) is 8.33. The summed E-state index contributed by atoms with van der Waals surface area (Å²) in [6, 6.07) is 7.37. The van der Waals surface area contributed by atoms with Gasteiger partial charge in [-0.2, -0.15) is 0 Å². The van der Waals surface area contributed by atoms with Crippen LogP contribution >= 0.6 is 11.6 Å². The van der Waals surface area contributed by atoms with Crippen molar-refractivity contribution in [2.75, 3.05) is 5.32 Å². The van der Waals surface area contributed by atoms with Gasteiger partial charge in [0.2, 0.25) is 5.91 Å². The highest BCUT2D eigenvalue weighted by atomic mass is 35.5. The van der Waals surface area contributed by atoms with Gasteiger partial charge < -0.3 is 16.0 Å². The molecule has 0 aliphatic carbocycles. The number of para-hydroxylation sites is 1. The number of anilines is 1. The molecule has 2 bridgehead atoms. The Labute approximate surface area is 134 Å². The van der Waals surface area contributed by atoms with Gasteiger partial charge in [-0.1, -0.05) is 42.6 Å². The number of aromatic amines is 1. The van der Waals surface area contributed by atoms with Crippen molar-refractivity contribution in [1.82, 2.24) is 9.97 Å². The van der Waals surface area contributed by atoms with Crippen LogP contribution in [0.25, 0.3) is 11.3 Å². The van der Waals surface area contributed by atoms with Crippen LogP contribution in [0.4, 0.5) is 5.69 Å². The summed E-state index contributed by atoms with van der Waals surface area (Å²) in [5, 5.41) is 3.40. The molecule has 1 atom stereocenters. The number of H-pyrrole nitrogens is 1. The Morgan fingerprint density at radius 3 is 2.91 bits per heavy atom. The van der Waals surface area contributed by atoms with Crippen molar-refractivity contribution in [2.24, 2.45) is 5.73 Å². The number of nitrogens with zero attached hydrogens (tertiary/aromatic N) is 1. The second-order valence-corrected chi connectivity index (χ2v) is 5.96. The van der Waals surface area contributed by atoms with Gasteiger partial charge in [-0.25, -0.2) is 4.98 Å². The number of halogens is 1. The third kappa shape index (κ3) is 3.15. The van der Waals surface area contributed by atoms with Crippen molar-refractivity contribution in [3.8, 4) is 11.3 Å². The molecule has 0 saturated carbocycles. The Hall–Kier alpha value is -1.85. The molecule has 2 aromatic rings. The van der Waals surface area contributed by atoms with E-state index in [1.807, 2.05) is 24.3 Å². The van der Waals surface area contributed by atoms with Crippen LogP contribution in [0.1, 0.15) is 44.0 Å². The number of carbonyl (C=O) groups excluding carboxylic acids is 1. The number of benzene rings is 1. The van der Waals surface area contributed by atoms with Crippen LogP contribution in [0, 0.1) is 0 Å². The molecular formula is C16H19ClN4O. The fourth-order valence-corrected chi connectivity index (χ4v) is 2.94. The molecular weight excluding hydrogens is 300 g/mol. The number of fused-ring (bicyclic) bond motifs is 4. The van der Waals surface area contributed by atoms with Crippen molar-refractivity contribution in [3.05, 3.63) is 35.2 Å². The zero-order valence-corrected chi connectivity index (χ0v) is 13.0. The summed E-state index contributed by atoms with van der Waals surface area (Å²) < 4.78 is 0. The van der Waals surface area contributed by atoms with Gasteiger partial charge in [0.1, 0.15) is 16.7 Å². The second kappa shape index (κ2) is 6.50. The Balaban J connectivity index is 2.05. The Kier molecular flexibility index (Phi) is 4.45. The van der Waals surface area contributed by atoms with Crippen LogP contribution in [-0.4, -0.2) is 15.9 Å². The van der Waals surface area contributed by atoms with Gasteiger partial charge in [0.15, 0.2) is 0 Å². The maximum absolute atomic E-state index is 12.1. The molecule has 0 fully saturated rings. The number of rotatable bonds is 0. The van der Waals surface area contributed by atoms with E-state index in [0.29, 0.717) is 23.1 Å². The fraction of sp³-hybridized carbons (Fsp3) is 0.375. The van der Waals surface area contributed by atoms with Gasteiger partial charge in [-0.05, 0) is 18.9 Å². The van der Waals surface area contributed by atoms with Gasteiger partial charge in [-0.15, -0.1) is 0 Å². The van der Waals surface area contributed by atoms with E-state index in [2.05, 4.69) is 15.3 Å². The molecule has 0 radical (unpaired) electrons. The summed E-state index contributed by atoms with van der Waals surface area (Å²) in [6.07, 6.45) is 4.15. The SMILES string of the molecule is NC1CCCCCC(=O)Nc2ccccc2-c2nc1[nH]c2Cl. The summed E-state index contributed by atoms with van der Waals surface area (Å²) in [4.78, 5) is 19.7. The van der Waals surface area contributed by atoms with E-state index < -0.39 is 0 Å². The van der Waals surface area contributed by atoms with Crippen molar-refractivity contribution in [3.63, 3.8) is 0 Å². The van der Waals surface area contributed by atoms with Crippen LogP contribution in [0.2, 0.25) is 5.15 Å². The number of hydrogen-bond acceptors (Lipinski definition) is 3. The van der Waals surface area contributed by atoms with Crippen molar-refractivity contribution < 1.29 is 4.79 Å². The van der Waals surface area contributed by atoms with Crippen LogP contribution < -0.4 is 11.1 Å². The molecule has 1 aromatic heterocycles. The molecule has 116 valence electrons. The number of nitrogens with two attached hydrogens (primary N) is 1. The molecule has 0 saturated heterocycles. The van der Waals surface area contributed by atoms with Gasteiger partial charge in [0.25, 0.3) is 0 Å². The molecule has 1 unspecified atom stereocenters. The lowest BCUT2D eigenvalue weighted by Crippen LogP contribution is -2.12. The van der Waals surface area contributed by atoms with Crippen molar-refractivity contribution >= 4 is 23.2 Å². The summed E-state index contributed by atoms with van der Waals surface area (Å²) in [5.74, 6) is 0.711. The van der Waals surface area contributed by atoms with E-state index in [0.717, 1.165) is 36.9 Å². The highest BCUT2D eigenvalue weighted by molar-refractivity contribution is 6.32. The number of carbonyl (C=O) groups is 1. The summed E-state index contributed by atoms with van der Waals surface area (Å²) >= 11 is 6.29. The summed E-state index contributed by atoms with van der Waals surface area (Å²) in [6.45, 7) is 0. The zero-order valence-electron chi connectivity index (χ0n) is 12.2. The zero-order chi connectivity index (χ0) is 15.5. The lowest BCUT2D eigenvalue weighted by molar-refractivity contribution is -0.116. The smallest absolute Gasteiger partial charge is 0.224 e. The maximum Gasteiger partial charge on any atom is 0.224 e. The molecule has 22 heavy (non-hydrogen) atoms. The topological polar surface area (TPSA) is 83.8 Å². The molecule has 1 aliphatic heterocycles. The minimum Gasteiger partial charge on any atom is -0.331 e. The highest BCUT2D eigenvalue weighted by Gasteiger charge is 2.19. The first-order chi connectivity index (χ1) is 10.6. The molecule has 3 rings (SSSR count). The molecule has 1 amide bonds. The normalized spacial score (nSPS) is 19.4. The molecule has 4 N–H and O–H groups in total. The predicted molar refractivity (Wildman–Crippen MR) is 87.7 cm³/mol. The first-order valence-corrected chi connectivity index (χ1v) is 7.93. The number of aromatic nitrogens is 2. The van der Waals surface area contributed by atoms with Crippen LogP contribution in [0.3, 0.4) is 0 Å². The van der Waals surface area contributed by atoms with Crippen LogP contribution in [0.5, 0.6) is 0 Å². The maximum atomic E-state index is 12.1. The van der Waals surface area contributed by atoms with E-state index in [1.165, 1.54) is 0 Å². The van der Waals surface area contributed by atoms with E-state index in [9.17, 15) is 4.79 Å². The Morgan fingerprint density at radius 2 is 2.05 bits per heavy atom. The summed E-state index contributed by atoms with van der Waals surface area (Å²) in [7, 11) is 0. The minimum absolute atomic E-state index is 0.0166. The predicted octanol–water partition coefficient (Wildman–Crippen LogP) is 3.63. The fourth-order valence-electron chi connectivity index (χ4n) is 2.70. The first-order valence-electron chi connectivity index (χ1n) is 7.55. The molecule has 1 aliphatic rings. The third-order valence-corrected chi connectivity index (χ3v) is 4.18. The lowest BCUT2D eigenvalue weighted by Gasteiger charge is -2.10. The number of imidazole rings is 1. The van der Waals surface area contributed by atoms with E-state index in [-0.39, 0.29) is 11.9 Å². The molecule has 1 aromatic carbocycles. The minimum atomic E-state index is -0.164. The third-order valence-electron chi connectivity index (χ3n) is 3.90. The van der Waals surface area contributed by atoms with Gasteiger partial charge in [0, 0.05) is 12.0 Å². The van der Waals surface area contributed by atoms with Gasteiger partial charge in [-0.3, -0.25) is 4.79 Å². The quantitative estimate of drug-likeness (QED) is 0.693. The molecule has 0 spiro atoms. The Morgan fingerprint density at radius 1 is 1.23 bits per heavy atom. The molecule has 5 nitrogen and oxygen atoms in total. The van der Waals surface area contributed by atoms with E-state index in [1.54, 1.807) is 0 Å². The van der Waals surface area contributed by atoms with Gasteiger partial charge >= 0.3 is 0 Å². The average Bonchev–Trinajstić information content (AvgIpc) is 2.89. The highest BCUT2D eigenvalue weighted by Crippen LogP contribution is 2.33. The second-order valence-electron chi connectivity index (χ2n) is 5.58. The van der Waals surface area contributed by atoms with Crippen LogP contribution in [0.15, 0.2) is 24.3 Å². The monoisotopic (exact) mass is 318 g/mol. The number of nitrogens with one attached hydrogen (secondary N) is 2. The average molecular weight is 319 g/mol. The van der Waals surface area contributed by atoms with Crippen LogP contribution in [-0.2, 0) is 4.79 Å². The van der Waals surface area contributed by atoms with Gasteiger partial charge in [0.05, 0.1) is 11.7 Å². The number of hydrogen-bond donors (Lipinski definition) is 3. The largest absolute Gasteiger partial charge is 0.331 e. The first kappa shape index (κ1) is 15.1. The molecule has 6 heteroatoms. The standard InChI is InChI=1S/C16H19ClN4O/c17-15-14-10-6-4-5-8-12(10)19-13(22)9-3-1-2-7-11(18)16(20-14)21-15/h4-6,8,11H,1-3,7,9,18H2,(H,19,22)(H,20,21). The van der Waals surface area contributed by atoms with E-state index >= 15 is 0 Å². The number of amides is 1. The van der Waals surface area contributed by atoms with Crippen molar-refractivity contribution in [2.45, 2.75) is 38.1 Å². The van der Waals surface area contributed by atoms with Crippen molar-refractivity contribution in [1.29, 1.82) is 0 Å².